The standard InChI is InChI=1S/C11H14ClN3S/c1-3-15-5-4-14-11(15)9(13)10-8(12)7(2)6-16-10/h4-6,9H,3,13H2,1-2H3. The largest absolute Gasteiger partial charge is 0.334 e. The lowest BCUT2D eigenvalue weighted by Gasteiger charge is -2.12. The molecule has 16 heavy (non-hydrogen) atoms. The number of halogens is 1. The van der Waals surface area contributed by atoms with Crippen LogP contribution in [0, 0.1) is 6.92 Å². The van der Waals surface area contributed by atoms with E-state index in [-0.39, 0.29) is 6.04 Å². The van der Waals surface area contributed by atoms with Crippen LogP contribution in [0.25, 0.3) is 0 Å². The molecule has 0 fully saturated rings. The van der Waals surface area contributed by atoms with E-state index in [0.29, 0.717) is 0 Å². The van der Waals surface area contributed by atoms with Crippen LogP contribution in [0.4, 0.5) is 0 Å². The Morgan fingerprint density at radius 2 is 2.38 bits per heavy atom. The van der Waals surface area contributed by atoms with E-state index in [1.54, 1.807) is 17.5 Å². The Morgan fingerprint density at radius 3 is 2.94 bits per heavy atom. The lowest BCUT2D eigenvalue weighted by atomic mass is 10.2. The Kier molecular flexibility index (Phi) is 3.33. The van der Waals surface area contributed by atoms with Crippen molar-refractivity contribution in [2.24, 2.45) is 5.73 Å². The summed E-state index contributed by atoms with van der Waals surface area (Å²) in [5.41, 5.74) is 7.27. The molecule has 3 nitrogen and oxygen atoms in total. The normalized spacial score (nSPS) is 13.0. The van der Waals surface area contributed by atoms with Crippen molar-refractivity contribution in [2.75, 3.05) is 0 Å². The van der Waals surface area contributed by atoms with Crippen molar-refractivity contribution in [3.63, 3.8) is 0 Å². The van der Waals surface area contributed by atoms with Crippen LogP contribution < -0.4 is 5.73 Å². The number of hydrogen-bond donors (Lipinski definition) is 1. The maximum absolute atomic E-state index is 6.21. The second-order valence-electron chi connectivity index (χ2n) is 3.65. The highest BCUT2D eigenvalue weighted by molar-refractivity contribution is 7.10. The zero-order valence-corrected chi connectivity index (χ0v) is 10.8. The van der Waals surface area contributed by atoms with E-state index in [0.717, 1.165) is 27.8 Å². The van der Waals surface area contributed by atoms with Gasteiger partial charge >= 0.3 is 0 Å². The van der Waals surface area contributed by atoms with Crippen LogP contribution in [0.3, 0.4) is 0 Å². The number of hydrogen-bond acceptors (Lipinski definition) is 3. The Morgan fingerprint density at radius 1 is 1.62 bits per heavy atom. The second kappa shape index (κ2) is 4.57. The predicted octanol–water partition coefficient (Wildman–Crippen LogP) is 2.97. The molecule has 2 N–H and O–H groups in total. The van der Waals surface area contributed by atoms with Crippen LogP contribution in [0.5, 0.6) is 0 Å². The van der Waals surface area contributed by atoms with E-state index < -0.39 is 0 Å². The molecule has 1 unspecified atom stereocenters. The molecule has 5 heteroatoms. The average molecular weight is 256 g/mol. The number of aromatic nitrogens is 2. The highest BCUT2D eigenvalue weighted by Crippen LogP contribution is 2.33. The molecule has 0 aromatic carbocycles. The van der Waals surface area contributed by atoms with Gasteiger partial charge in [0.2, 0.25) is 0 Å². The topological polar surface area (TPSA) is 43.8 Å². The molecule has 0 bridgehead atoms. The van der Waals surface area contributed by atoms with Crippen LogP contribution in [-0.4, -0.2) is 9.55 Å². The summed E-state index contributed by atoms with van der Waals surface area (Å²) in [5, 5.41) is 2.79. The number of thiophene rings is 1. The molecule has 0 saturated carbocycles. The molecule has 2 aromatic heterocycles. The van der Waals surface area contributed by atoms with Crippen LogP contribution in [0.2, 0.25) is 5.02 Å². The molecule has 0 radical (unpaired) electrons. The van der Waals surface area contributed by atoms with Gasteiger partial charge in [-0.3, -0.25) is 0 Å². The lowest BCUT2D eigenvalue weighted by molar-refractivity contribution is 0.661. The fourth-order valence-corrected chi connectivity index (χ4v) is 2.95. The molecule has 2 heterocycles. The first-order valence-electron chi connectivity index (χ1n) is 5.15. The van der Waals surface area contributed by atoms with E-state index in [4.69, 9.17) is 17.3 Å². The first kappa shape index (κ1) is 11.6. The monoisotopic (exact) mass is 255 g/mol. The summed E-state index contributed by atoms with van der Waals surface area (Å²) in [6.07, 6.45) is 3.70. The van der Waals surface area contributed by atoms with Crippen LogP contribution >= 0.6 is 22.9 Å². The molecule has 86 valence electrons. The van der Waals surface area contributed by atoms with Gasteiger partial charge in [-0.1, -0.05) is 11.6 Å². The summed E-state index contributed by atoms with van der Waals surface area (Å²) in [6, 6.07) is -0.235. The van der Waals surface area contributed by atoms with E-state index in [2.05, 4.69) is 11.9 Å². The molecule has 0 aliphatic heterocycles. The van der Waals surface area contributed by atoms with Gasteiger partial charge in [-0.05, 0) is 24.8 Å². The highest BCUT2D eigenvalue weighted by Gasteiger charge is 2.19. The van der Waals surface area contributed by atoms with Crippen molar-refractivity contribution in [1.29, 1.82) is 0 Å². The van der Waals surface area contributed by atoms with Crippen molar-refractivity contribution in [1.82, 2.24) is 9.55 Å². The fourth-order valence-electron chi connectivity index (χ4n) is 1.64. The van der Waals surface area contributed by atoms with Crippen molar-refractivity contribution in [3.8, 4) is 0 Å². The Hall–Kier alpha value is -0.840. The minimum Gasteiger partial charge on any atom is -0.334 e. The number of nitrogens with zero attached hydrogens (tertiary/aromatic N) is 2. The Balaban J connectivity index is 2.39. The lowest BCUT2D eigenvalue weighted by Crippen LogP contribution is -2.16. The summed E-state index contributed by atoms with van der Waals surface area (Å²) in [4.78, 5) is 5.29. The Bertz CT molecular complexity index is 489. The van der Waals surface area contributed by atoms with E-state index in [1.807, 2.05) is 23.1 Å². The highest BCUT2D eigenvalue weighted by atomic mass is 35.5. The van der Waals surface area contributed by atoms with Gasteiger partial charge in [0.15, 0.2) is 0 Å². The number of rotatable bonds is 3. The maximum Gasteiger partial charge on any atom is 0.131 e. The van der Waals surface area contributed by atoms with E-state index in [9.17, 15) is 0 Å². The van der Waals surface area contributed by atoms with E-state index >= 15 is 0 Å². The smallest absolute Gasteiger partial charge is 0.131 e. The minimum absolute atomic E-state index is 0.235. The minimum atomic E-state index is -0.235. The van der Waals surface area contributed by atoms with Gasteiger partial charge in [-0.15, -0.1) is 11.3 Å². The fraction of sp³-hybridized carbons (Fsp3) is 0.364. The molecule has 0 aliphatic carbocycles. The van der Waals surface area contributed by atoms with Crippen LogP contribution in [0.15, 0.2) is 17.8 Å². The molecular formula is C11H14ClN3S. The molecule has 2 aromatic rings. The van der Waals surface area contributed by atoms with E-state index in [1.165, 1.54) is 0 Å². The summed E-state index contributed by atoms with van der Waals surface area (Å²) in [5.74, 6) is 0.867. The van der Waals surface area contributed by atoms with Gasteiger partial charge in [0.05, 0.1) is 11.1 Å². The molecular weight excluding hydrogens is 242 g/mol. The first-order chi connectivity index (χ1) is 7.65. The van der Waals surface area contributed by atoms with Gasteiger partial charge in [-0.25, -0.2) is 4.98 Å². The zero-order chi connectivity index (χ0) is 11.7. The number of aryl methyl sites for hydroxylation is 2. The zero-order valence-electron chi connectivity index (χ0n) is 9.27. The number of imidazole rings is 1. The summed E-state index contributed by atoms with van der Waals surface area (Å²) < 4.78 is 2.04. The molecule has 0 amide bonds. The van der Waals surface area contributed by atoms with Crippen LogP contribution in [0.1, 0.15) is 29.2 Å². The first-order valence-corrected chi connectivity index (χ1v) is 6.41. The van der Waals surface area contributed by atoms with Gasteiger partial charge in [-0.2, -0.15) is 0 Å². The van der Waals surface area contributed by atoms with Crippen molar-refractivity contribution in [3.05, 3.63) is 39.1 Å². The summed E-state index contributed by atoms with van der Waals surface area (Å²) >= 11 is 7.80. The van der Waals surface area contributed by atoms with Gasteiger partial charge in [0.1, 0.15) is 5.82 Å². The molecule has 1 atom stereocenters. The summed E-state index contributed by atoms with van der Waals surface area (Å²) in [7, 11) is 0. The SMILES string of the molecule is CCn1ccnc1C(N)c1scc(C)c1Cl. The average Bonchev–Trinajstić information content (AvgIpc) is 2.86. The molecule has 0 spiro atoms. The third-order valence-corrected chi connectivity index (χ3v) is 4.37. The van der Waals surface area contributed by atoms with Gasteiger partial charge < -0.3 is 10.3 Å². The second-order valence-corrected chi connectivity index (χ2v) is 4.94. The van der Waals surface area contributed by atoms with Crippen molar-refractivity contribution >= 4 is 22.9 Å². The molecule has 0 aliphatic rings. The van der Waals surface area contributed by atoms with Gasteiger partial charge in [0.25, 0.3) is 0 Å². The molecule has 2 rings (SSSR count). The van der Waals surface area contributed by atoms with Crippen molar-refractivity contribution in [2.45, 2.75) is 26.4 Å². The predicted molar refractivity (Wildman–Crippen MR) is 68.0 cm³/mol. The van der Waals surface area contributed by atoms with Crippen molar-refractivity contribution < 1.29 is 0 Å². The summed E-state index contributed by atoms with van der Waals surface area (Å²) in [6.45, 7) is 4.92. The van der Waals surface area contributed by atoms with Gasteiger partial charge in [0, 0.05) is 23.8 Å². The number of nitrogens with two attached hydrogens (primary N) is 1. The third-order valence-electron chi connectivity index (χ3n) is 2.57. The molecule has 0 saturated heterocycles. The maximum atomic E-state index is 6.21. The van der Waals surface area contributed by atoms with Crippen LogP contribution in [-0.2, 0) is 6.54 Å². The third kappa shape index (κ3) is 1.88. The quantitative estimate of drug-likeness (QED) is 0.916. The Labute approximate surface area is 104 Å².